The van der Waals surface area contributed by atoms with Gasteiger partial charge >= 0.3 is 75.3 Å². The van der Waals surface area contributed by atoms with Crippen LogP contribution < -0.4 is 0 Å². The van der Waals surface area contributed by atoms with Crippen LogP contribution in [-0.2, 0) is 0 Å². The SMILES string of the molecule is O=C(O)c1ccc2c3ccc(C(=O)O)c4c(C(=O)O)ccc(c5ccc(C(=O)O)c1c25)c43.[KH]. The topological polar surface area (TPSA) is 149 Å². The van der Waals surface area contributed by atoms with E-state index in [2.05, 4.69) is 0 Å². The van der Waals surface area contributed by atoms with Gasteiger partial charge in [-0.2, -0.15) is 0 Å². The summed E-state index contributed by atoms with van der Waals surface area (Å²) in [5.41, 5.74) is -0.696. The van der Waals surface area contributed by atoms with Crippen LogP contribution >= 0.6 is 0 Å². The summed E-state index contributed by atoms with van der Waals surface area (Å²) in [6.45, 7) is 0. The van der Waals surface area contributed by atoms with Crippen LogP contribution in [0.5, 0.6) is 0 Å². The quantitative estimate of drug-likeness (QED) is 0.176. The molecule has 158 valence electrons. The van der Waals surface area contributed by atoms with Crippen LogP contribution in [0.2, 0.25) is 0 Å². The van der Waals surface area contributed by atoms with E-state index in [9.17, 15) is 39.6 Å². The van der Waals surface area contributed by atoms with Gasteiger partial charge < -0.3 is 20.4 Å². The molecular formula is C24H13KO8. The van der Waals surface area contributed by atoms with E-state index >= 15 is 0 Å². The standard InChI is InChI=1S/C24H12O8.K.H/c25-21(26)13-5-1-9-10-2-6-15(23(29)30)20-16(24(31)32)8-4-12(18(10)20)11-3-7-14(22(27)28)19(13)17(9)11;;/h1-8H,(H,25,26)(H,27,28)(H,29,30)(H,31,32);;. The van der Waals surface area contributed by atoms with E-state index in [1.165, 1.54) is 48.5 Å². The fourth-order valence-corrected chi connectivity index (χ4v) is 4.60. The molecule has 0 unspecified atom stereocenters. The second kappa shape index (κ2) is 8.05. The fourth-order valence-electron chi connectivity index (χ4n) is 4.60. The molecule has 0 spiro atoms. The van der Waals surface area contributed by atoms with E-state index in [0.717, 1.165) is 0 Å². The summed E-state index contributed by atoms with van der Waals surface area (Å²) in [5, 5.41) is 41.7. The molecule has 0 amide bonds. The zero-order chi connectivity index (χ0) is 22.9. The van der Waals surface area contributed by atoms with E-state index in [1.54, 1.807) is 0 Å². The van der Waals surface area contributed by atoms with Crippen molar-refractivity contribution in [2.24, 2.45) is 0 Å². The van der Waals surface area contributed by atoms with Crippen LogP contribution in [0.4, 0.5) is 0 Å². The molecule has 0 aliphatic rings. The van der Waals surface area contributed by atoms with Crippen molar-refractivity contribution in [2.45, 2.75) is 0 Å². The van der Waals surface area contributed by atoms with Gasteiger partial charge in [-0.05, 0) is 56.6 Å². The third kappa shape index (κ3) is 3.20. The third-order valence-electron chi connectivity index (χ3n) is 5.82. The van der Waals surface area contributed by atoms with Gasteiger partial charge in [0.15, 0.2) is 0 Å². The minimum atomic E-state index is -1.28. The first-order valence-corrected chi connectivity index (χ1v) is 9.35. The molecule has 0 radical (unpaired) electrons. The zero-order valence-electron chi connectivity index (χ0n) is 16.0. The Hall–Kier alpha value is -3.08. The van der Waals surface area contributed by atoms with E-state index < -0.39 is 23.9 Å². The van der Waals surface area contributed by atoms with Crippen molar-refractivity contribution in [3.63, 3.8) is 0 Å². The van der Waals surface area contributed by atoms with Gasteiger partial charge in [0.1, 0.15) is 0 Å². The predicted octanol–water partition coefficient (Wildman–Crippen LogP) is 3.88. The van der Waals surface area contributed by atoms with Crippen molar-refractivity contribution in [2.75, 3.05) is 0 Å². The average molecular weight is 468 g/mol. The van der Waals surface area contributed by atoms with E-state index in [0.29, 0.717) is 32.3 Å². The van der Waals surface area contributed by atoms with Gasteiger partial charge in [-0.1, -0.05) is 24.3 Å². The number of aromatic carboxylic acids is 4. The van der Waals surface area contributed by atoms with Gasteiger partial charge in [-0.15, -0.1) is 0 Å². The van der Waals surface area contributed by atoms with Crippen LogP contribution in [0.3, 0.4) is 0 Å². The van der Waals surface area contributed by atoms with Gasteiger partial charge in [-0.3, -0.25) is 0 Å². The Morgan fingerprint density at radius 2 is 0.606 bits per heavy atom. The second-order valence-corrected chi connectivity index (χ2v) is 7.36. The van der Waals surface area contributed by atoms with Gasteiger partial charge in [0.2, 0.25) is 0 Å². The number of benzene rings is 5. The number of hydrogen-bond donors (Lipinski definition) is 4. The number of carboxylic acid groups (broad SMARTS) is 4. The number of carbonyl (C=O) groups is 4. The molecule has 4 N–H and O–H groups in total. The van der Waals surface area contributed by atoms with Crippen molar-refractivity contribution in [1.82, 2.24) is 0 Å². The molecule has 0 heterocycles. The Morgan fingerprint density at radius 3 is 0.788 bits per heavy atom. The molecule has 0 saturated heterocycles. The molecule has 0 atom stereocenters. The van der Waals surface area contributed by atoms with Crippen molar-refractivity contribution >= 4 is 118 Å². The van der Waals surface area contributed by atoms with Crippen molar-refractivity contribution in [1.29, 1.82) is 0 Å². The first kappa shape index (κ1) is 23.1. The van der Waals surface area contributed by atoms with Crippen LogP contribution in [0.25, 0.3) is 43.1 Å². The number of fused-ring (bicyclic) bond motifs is 2. The molecule has 0 fully saturated rings. The Balaban J connectivity index is 0.00000259. The molecule has 5 aromatic carbocycles. The summed E-state index contributed by atoms with van der Waals surface area (Å²) in [7, 11) is 0. The maximum atomic E-state index is 11.9. The summed E-state index contributed by atoms with van der Waals surface area (Å²) < 4.78 is 0. The van der Waals surface area contributed by atoms with E-state index in [-0.39, 0.29) is 84.4 Å². The molecule has 5 rings (SSSR count). The average Bonchev–Trinajstić information content (AvgIpc) is 2.75. The summed E-state index contributed by atoms with van der Waals surface area (Å²) in [6, 6.07) is 11.4. The number of carboxylic acids is 4. The maximum absolute atomic E-state index is 11.9. The summed E-state index contributed by atoms with van der Waals surface area (Å²) >= 11 is 0. The number of rotatable bonds is 4. The Labute approximate surface area is 226 Å². The predicted molar refractivity (Wildman–Crippen MR) is 123 cm³/mol. The Morgan fingerprint density at radius 1 is 0.394 bits per heavy atom. The monoisotopic (exact) mass is 468 g/mol. The van der Waals surface area contributed by atoms with Crippen LogP contribution in [0.15, 0.2) is 48.5 Å². The van der Waals surface area contributed by atoms with Gasteiger partial charge in [0, 0.05) is 10.8 Å². The molecule has 33 heavy (non-hydrogen) atoms. The molecule has 0 aliphatic heterocycles. The Kier molecular flexibility index (Phi) is 5.63. The molecule has 0 bridgehead atoms. The van der Waals surface area contributed by atoms with Crippen molar-refractivity contribution in [3.05, 3.63) is 70.8 Å². The summed E-state index contributed by atoms with van der Waals surface area (Å²) in [6.07, 6.45) is 0. The number of hydrogen-bond acceptors (Lipinski definition) is 4. The van der Waals surface area contributed by atoms with Gasteiger partial charge in [-0.25, -0.2) is 19.2 Å². The van der Waals surface area contributed by atoms with E-state index in [4.69, 9.17) is 0 Å². The normalized spacial score (nSPS) is 11.2. The zero-order valence-corrected chi connectivity index (χ0v) is 16.0. The molecule has 0 aliphatic carbocycles. The van der Waals surface area contributed by atoms with Gasteiger partial charge in [0.05, 0.1) is 22.3 Å². The first-order chi connectivity index (χ1) is 15.2. The summed E-state index contributed by atoms with van der Waals surface area (Å²) in [5.74, 6) is -5.13. The van der Waals surface area contributed by atoms with Gasteiger partial charge in [0.25, 0.3) is 0 Å². The molecule has 5 aromatic rings. The van der Waals surface area contributed by atoms with Crippen molar-refractivity contribution in [3.8, 4) is 0 Å². The molecule has 0 aromatic heterocycles. The van der Waals surface area contributed by atoms with Crippen LogP contribution in [0, 0.1) is 0 Å². The molecule has 0 saturated carbocycles. The second-order valence-electron chi connectivity index (χ2n) is 7.36. The molecular weight excluding hydrogens is 455 g/mol. The first-order valence-electron chi connectivity index (χ1n) is 9.35. The van der Waals surface area contributed by atoms with Crippen molar-refractivity contribution < 1.29 is 39.6 Å². The third-order valence-corrected chi connectivity index (χ3v) is 5.82. The Bertz CT molecular complexity index is 1440. The van der Waals surface area contributed by atoms with Crippen LogP contribution in [-0.4, -0.2) is 95.7 Å². The fraction of sp³-hybridized carbons (Fsp3) is 0. The molecule has 8 nitrogen and oxygen atoms in total. The molecule has 9 heteroatoms. The van der Waals surface area contributed by atoms with E-state index in [1.807, 2.05) is 0 Å². The summed E-state index contributed by atoms with van der Waals surface area (Å²) in [4.78, 5) is 47.5. The van der Waals surface area contributed by atoms with Crippen LogP contribution in [0.1, 0.15) is 41.4 Å². The minimum absolute atomic E-state index is 0.